The fraction of sp³-hybridized carbons (Fsp3) is 0.312. The van der Waals surface area contributed by atoms with Crippen LogP contribution >= 0.6 is 0 Å². The number of hydrogen-bond acceptors (Lipinski definition) is 3. The first-order chi connectivity index (χ1) is 9.72. The van der Waals surface area contributed by atoms with Crippen molar-refractivity contribution in [2.45, 2.75) is 26.6 Å². The molecule has 0 saturated heterocycles. The molecule has 0 saturated carbocycles. The number of pyridine rings is 1. The topological polar surface area (TPSA) is 42.2 Å². The van der Waals surface area contributed by atoms with E-state index >= 15 is 0 Å². The second-order valence-electron chi connectivity index (χ2n) is 4.75. The third kappa shape index (κ3) is 3.85. The van der Waals surface area contributed by atoms with Crippen LogP contribution in [-0.2, 0) is 19.6 Å². The summed E-state index contributed by atoms with van der Waals surface area (Å²) in [4.78, 5) is 6.46. The maximum absolute atomic E-state index is 14.0. The molecule has 0 aliphatic rings. The van der Waals surface area contributed by atoms with Gasteiger partial charge in [-0.15, -0.1) is 0 Å². The van der Waals surface area contributed by atoms with Gasteiger partial charge in [0, 0.05) is 31.4 Å². The second kappa shape index (κ2) is 7.12. The molecule has 2 rings (SSSR count). The van der Waals surface area contributed by atoms with Crippen molar-refractivity contribution in [3.8, 4) is 0 Å². The highest BCUT2D eigenvalue weighted by Gasteiger charge is 2.09. The van der Waals surface area contributed by atoms with Gasteiger partial charge in [-0.1, -0.05) is 25.1 Å². The molecule has 3 nitrogen and oxygen atoms in total. The van der Waals surface area contributed by atoms with Crippen LogP contribution in [0.15, 0.2) is 42.6 Å². The Morgan fingerprint density at radius 1 is 1.20 bits per heavy atom. The Hall–Kier alpha value is -1.78. The molecule has 1 aromatic heterocycles. The van der Waals surface area contributed by atoms with E-state index in [9.17, 15) is 4.39 Å². The van der Waals surface area contributed by atoms with E-state index in [1.54, 1.807) is 6.20 Å². The first-order valence-corrected chi connectivity index (χ1v) is 6.82. The number of nitrogens with zero attached hydrogens (tertiary/aromatic N) is 2. The van der Waals surface area contributed by atoms with Crippen molar-refractivity contribution in [2.75, 3.05) is 6.54 Å². The summed E-state index contributed by atoms with van der Waals surface area (Å²) in [6.45, 7) is 4.56. The molecule has 2 N–H and O–H groups in total. The van der Waals surface area contributed by atoms with Gasteiger partial charge < -0.3 is 5.73 Å². The lowest BCUT2D eigenvalue weighted by Gasteiger charge is -2.20. The molecule has 4 heteroatoms. The number of aromatic nitrogens is 1. The van der Waals surface area contributed by atoms with Gasteiger partial charge >= 0.3 is 0 Å². The Morgan fingerprint density at radius 3 is 2.65 bits per heavy atom. The van der Waals surface area contributed by atoms with Crippen LogP contribution in [0.2, 0.25) is 0 Å². The van der Waals surface area contributed by atoms with Crippen LogP contribution in [0.25, 0.3) is 0 Å². The molecule has 0 aliphatic heterocycles. The Bertz CT molecular complexity index is 543. The van der Waals surface area contributed by atoms with E-state index in [-0.39, 0.29) is 5.82 Å². The maximum atomic E-state index is 14.0. The molecular formula is C16H20FN3. The van der Waals surface area contributed by atoms with Crippen molar-refractivity contribution in [1.29, 1.82) is 0 Å². The van der Waals surface area contributed by atoms with Crippen molar-refractivity contribution in [1.82, 2.24) is 9.88 Å². The normalized spacial score (nSPS) is 11.0. The lowest BCUT2D eigenvalue weighted by molar-refractivity contribution is 0.264. The predicted molar refractivity (Wildman–Crippen MR) is 78.3 cm³/mol. The highest BCUT2D eigenvalue weighted by Crippen LogP contribution is 2.14. The summed E-state index contributed by atoms with van der Waals surface area (Å²) in [6, 6.07) is 11.1. The summed E-state index contributed by atoms with van der Waals surface area (Å²) in [7, 11) is 0. The van der Waals surface area contributed by atoms with Gasteiger partial charge in [0.1, 0.15) is 5.82 Å². The standard InChI is InChI=1S/C16H20FN3/c1-2-20(12-15-5-3-4-8-19-15)11-14-7-6-13(10-18)9-16(14)17/h3-9H,2,10-12,18H2,1H3. The van der Waals surface area contributed by atoms with Crippen LogP contribution in [-0.4, -0.2) is 16.4 Å². The second-order valence-corrected chi connectivity index (χ2v) is 4.75. The zero-order valence-corrected chi connectivity index (χ0v) is 11.7. The number of rotatable bonds is 6. The van der Waals surface area contributed by atoms with Crippen molar-refractivity contribution in [2.24, 2.45) is 5.73 Å². The van der Waals surface area contributed by atoms with Gasteiger partial charge in [0.05, 0.1) is 5.69 Å². The van der Waals surface area contributed by atoms with Crippen molar-refractivity contribution in [3.05, 3.63) is 65.2 Å². The number of hydrogen-bond donors (Lipinski definition) is 1. The smallest absolute Gasteiger partial charge is 0.128 e. The highest BCUT2D eigenvalue weighted by atomic mass is 19.1. The van der Waals surface area contributed by atoms with Crippen molar-refractivity contribution >= 4 is 0 Å². The number of nitrogens with two attached hydrogens (primary N) is 1. The van der Waals surface area contributed by atoms with E-state index in [1.807, 2.05) is 30.3 Å². The van der Waals surface area contributed by atoms with Gasteiger partial charge in [-0.25, -0.2) is 4.39 Å². The number of benzene rings is 1. The zero-order chi connectivity index (χ0) is 14.4. The zero-order valence-electron chi connectivity index (χ0n) is 11.7. The van der Waals surface area contributed by atoms with E-state index < -0.39 is 0 Å². The Balaban J connectivity index is 2.06. The molecule has 0 amide bonds. The minimum absolute atomic E-state index is 0.188. The molecule has 2 aromatic rings. The van der Waals surface area contributed by atoms with Crippen LogP contribution in [0.1, 0.15) is 23.7 Å². The maximum Gasteiger partial charge on any atom is 0.128 e. The van der Waals surface area contributed by atoms with Gasteiger partial charge in [0.15, 0.2) is 0 Å². The van der Waals surface area contributed by atoms with E-state index in [0.717, 1.165) is 24.3 Å². The summed E-state index contributed by atoms with van der Waals surface area (Å²) in [5.74, 6) is -0.188. The van der Waals surface area contributed by atoms with E-state index in [2.05, 4.69) is 16.8 Å². The fourth-order valence-electron chi connectivity index (χ4n) is 2.09. The summed E-state index contributed by atoms with van der Waals surface area (Å²) in [6.07, 6.45) is 1.78. The van der Waals surface area contributed by atoms with Gasteiger partial charge in [0.25, 0.3) is 0 Å². The van der Waals surface area contributed by atoms with Gasteiger partial charge in [0.2, 0.25) is 0 Å². The average Bonchev–Trinajstić information content (AvgIpc) is 2.49. The van der Waals surface area contributed by atoms with Crippen LogP contribution in [0.4, 0.5) is 4.39 Å². The van der Waals surface area contributed by atoms with Gasteiger partial charge in [-0.2, -0.15) is 0 Å². The fourth-order valence-corrected chi connectivity index (χ4v) is 2.09. The molecule has 0 atom stereocenters. The van der Waals surface area contributed by atoms with Crippen LogP contribution < -0.4 is 5.73 Å². The third-order valence-corrected chi connectivity index (χ3v) is 3.31. The van der Waals surface area contributed by atoms with Crippen molar-refractivity contribution < 1.29 is 4.39 Å². The Kier molecular flexibility index (Phi) is 5.21. The lowest BCUT2D eigenvalue weighted by atomic mass is 10.1. The quantitative estimate of drug-likeness (QED) is 0.880. The largest absolute Gasteiger partial charge is 0.326 e. The molecule has 0 bridgehead atoms. The monoisotopic (exact) mass is 273 g/mol. The van der Waals surface area contributed by atoms with Crippen LogP contribution in [0.5, 0.6) is 0 Å². The van der Waals surface area contributed by atoms with Crippen LogP contribution in [0, 0.1) is 5.82 Å². The number of halogens is 1. The SMILES string of the molecule is CCN(Cc1ccccn1)Cc1ccc(CN)cc1F. The Morgan fingerprint density at radius 2 is 2.05 bits per heavy atom. The average molecular weight is 273 g/mol. The third-order valence-electron chi connectivity index (χ3n) is 3.31. The lowest BCUT2D eigenvalue weighted by Crippen LogP contribution is -2.23. The summed E-state index contributed by atoms with van der Waals surface area (Å²) >= 11 is 0. The van der Waals surface area contributed by atoms with Gasteiger partial charge in [-0.3, -0.25) is 9.88 Å². The molecular weight excluding hydrogens is 253 g/mol. The Labute approximate surface area is 119 Å². The van der Waals surface area contributed by atoms with Crippen molar-refractivity contribution in [3.63, 3.8) is 0 Å². The molecule has 1 aromatic carbocycles. The molecule has 0 unspecified atom stereocenters. The molecule has 0 radical (unpaired) electrons. The van der Waals surface area contributed by atoms with E-state index in [0.29, 0.717) is 18.7 Å². The summed E-state index contributed by atoms with van der Waals surface area (Å²) in [5.41, 5.74) is 8.02. The molecule has 0 aliphatic carbocycles. The highest BCUT2D eigenvalue weighted by molar-refractivity contribution is 5.24. The van der Waals surface area contributed by atoms with Crippen LogP contribution in [0.3, 0.4) is 0 Å². The molecule has 1 heterocycles. The predicted octanol–water partition coefficient (Wildman–Crippen LogP) is 2.70. The first-order valence-electron chi connectivity index (χ1n) is 6.82. The first kappa shape index (κ1) is 14.6. The molecule has 20 heavy (non-hydrogen) atoms. The van der Waals surface area contributed by atoms with E-state index in [4.69, 9.17) is 5.73 Å². The molecule has 0 spiro atoms. The molecule has 0 fully saturated rings. The summed E-state index contributed by atoms with van der Waals surface area (Å²) < 4.78 is 14.0. The minimum atomic E-state index is -0.188. The molecule has 106 valence electrons. The summed E-state index contributed by atoms with van der Waals surface area (Å²) in [5, 5.41) is 0. The minimum Gasteiger partial charge on any atom is -0.326 e. The van der Waals surface area contributed by atoms with Gasteiger partial charge in [-0.05, 0) is 30.3 Å². The van der Waals surface area contributed by atoms with E-state index in [1.165, 1.54) is 6.07 Å².